The highest BCUT2D eigenvalue weighted by Gasteiger charge is 2.14. The fourth-order valence-corrected chi connectivity index (χ4v) is 4.50. The lowest BCUT2D eigenvalue weighted by Gasteiger charge is -2.04. The molecule has 0 saturated carbocycles. The molecule has 0 radical (unpaired) electrons. The van der Waals surface area contributed by atoms with Gasteiger partial charge in [0.1, 0.15) is 5.82 Å². The molecule has 2 heterocycles. The van der Waals surface area contributed by atoms with Crippen molar-refractivity contribution in [3.8, 4) is 5.69 Å². The summed E-state index contributed by atoms with van der Waals surface area (Å²) in [5.41, 5.74) is 3.63. The van der Waals surface area contributed by atoms with Gasteiger partial charge in [-0.15, -0.1) is 5.10 Å². The Kier molecular flexibility index (Phi) is 5.05. The molecular formula is C18H15FN6OS2. The first-order valence-corrected chi connectivity index (χ1v) is 10.1. The number of amides is 1. The van der Waals surface area contributed by atoms with E-state index in [0.29, 0.717) is 16.0 Å². The molecule has 0 bridgehead atoms. The number of hydrogen-bond donors (Lipinski definition) is 1. The van der Waals surface area contributed by atoms with E-state index in [2.05, 4.69) is 38.0 Å². The summed E-state index contributed by atoms with van der Waals surface area (Å²) < 4.78 is 15.9. The molecule has 0 aliphatic heterocycles. The molecular weight excluding hydrogens is 399 g/mol. The number of nitrogens with one attached hydrogen (secondary N) is 1. The molecule has 0 fully saturated rings. The lowest BCUT2D eigenvalue weighted by Crippen LogP contribution is -2.14. The van der Waals surface area contributed by atoms with E-state index in [1.54, 1.807) is 12.1 Å². The van der Waals surface area contributed by atoms with Gasteiger partial charge in [0.15, 0.2) is 5.13 Å². The van der Waals surface area contributed by atoms with Gasteiger partial charge in [-0.05, 0) is 59.7 Å². The quantitative estimate of drug-likeness (QED) is 0.501. The minimum Gasteiger partial charge on any atom is -0.301 e. The van der Waals surface area contributed by atoms with Gasteiger partial charge in [0.25, 0.3) is 0 Å². The fraction of sp³-hybridized carbons (Fsp3) is 0.167. The van der Waals surface area contributed by atoms with Crippen molar-refractivity contribution in [3.63, 3.8) is 0 Å². The van der Waals surface area contributed by atoms with Crippen LogP contribution in [-0.4, -0.2) is 36.9 Å². The van der Waals surface area contributed by atoms with Crippen LogP contribution in [0.25, 0.3) is 15.9 Å². The molecule has 1 amide bonds. The highest BCUT2D eigenvalue weighted by molar-refractivity contribution is 7.99. The largest absolute Gasteiger partial charge is 0.301 e. The number of tetrazole rings is 1. The monoisotopic (exact) mass is 414 g/mol. The Morgan fingerprint density at radius 2 is 2.14 bits per heavy atom. The first-order valence-electron chi connectivity index (χ1n) is 8.34. The zero-order valence-corrected chi connectivity index (χ0v) is 16.6. The number of anilines is 1. The van der Waals surface area contributed by atoms with Crippen molar-refractivity contribution in [2.45, 2.75) is 19.0 Å². The number of fused-ring (bicyclic) bond motifs is 1. The zero-order chi connectivity index (χ0) is 19.7. The molecule has 7 nitrogen and oxygen atoms in total. The molecule has 0 saturated heterocycles. The first-order chi connectivity index (χ1) is 13.5. The number of nitrogens with zero attached hydrogens (tertiary/aromatic N) is 5. The van der Waals surface area contributed by atoms with Crippen molar-refractivity contribution in [1.29, 1.82) is 0 Å². The van der Waals surface area contributed by atoms with Gasteiger partial charge in [-0.3, -0.25) is 4.79 Å². The van der Waals surface area contributed by atoms with E-state index in [-0.39, 0.29) is 17.5 Å². The van der Waals surface area contributed by atoms with E-state index in [0.717, 1.165) is 33.1 Å². The van der Waals surface area contributed by atoms with E-state index >= 15 is 0 Å². The minimum atomic E-state index is -0.386. The minimum absolute atomic E-state index is 0.101. The lowest BCUT2D eigenvalue weighted by atomic mass is 10.1. The number of benzene rings is 2. The van der Waals surface area contributed by atoms with Crippen LogP contribution in [0.1, 0.15) is 11.1 Å². The van der Waals surface area contributed by atoms with Crippen molar-refractivity contribution >= 4 is 44.4 Å². The number of aromatic nitrogens is 5. The van der Waals surface area contributed by atoms with Crippen LogP contribution in [0.15, 0.2) is 41.6 Å². The van der Waals surface area contributed by atoms with E-state index in [9.17, 15) is 9.18 Å². The Balaban J connectivity index is 1.45. The zero-order valence-electron chi connectivity index (χ0n) is 15.0. The predicted octanol–water partition coefficient (Wildman–Crippen LogP) is 3.76. The number of thioether (sulfide) groups is 1. The van der Waals surface area contributed by atoms with Crippen LogP contribution in [-0.2, 0) is 4.79 Å². The SMILES string of the molecule is Cc1cc(C)c2nc(NC(=O)CSc3nnnn3-c3cccc(F)c3)sc2c1. The third kappa shape index (κ3) is 3.87. The molecule has 142 valence electrons. The maximum Gasteiger partial charge on any atom is 0.236 e. The molecule has 1 N–H and O–H groups in total. The third-order valence-electron chi connectivity index (χ3n) is 3.90. The van der Waals surface area contributed by atoms with E-state index in [1.807, 2.05) is 13.8 Å². The van der Waals surface area contributed by atoms with Crippen LogP contribution in [0.4, 0.5) is 9.52 Å². The van der Waals surface area contributed by atoms with Gasteiger partial charge in [0.2, 0.25) is 11.1 Å². The maximum atomic E-state index is 13.4. The molecule has 0 spiro atoms. The molecule has 0 unspecified atom stereocenters. The topological polar surface area (TPSA) is 85.6 Å². The fourth-order valence-electron chi connectivity index (χ4n) is 2.75. The van der Waals surface area contributed by atoms with Crippen LogP contribution >= 0.6 is 23.1 Å². The van der Waals surface area contributed by atoms with E-state index in [1.165, 1.54) is 28.2 Å². The van der Waals surface area contributed by atoms with E-state index in [4.69, 9.17) is 0 Å². The molecule has 4 rings (SSSR count). The molecule has 4 aromatic rings. The summed E-state index contributed by atoms with van der Waals surface area (Å²) in [5, 5.41) is 15.2. The molecule has 0 atom stereocenters. The average molecular weight is 414 g/mol. The van der Waals surface area contributed by atoms with Gasteiger partial charge in [0.05, 0.1) is 21.7 Å². The van der Waals surface area contributed by atoms with Crippen LogP contribution in [0.5, 0.6) is 0 Å². The summed E-state index contributed by atoms with van der Waals surface area (Å²) in [4.78, 5) is 16.8. The van der Waals surface area contributed by atoms with E-state index < -0.39 is 0 Å². The van der Waals surface area contributed by atoms with Crippen molar-refractivity contribution in [3.05, 3.63) is 53.3 Å². The van der Waals surface area contributed by atoms with Crippen LogP contribution in [0.2, 0.25) is 0 Å². The summed E-state index contributed by atoms with van der Waals surface area (Å²) >= 11 is 2.60. The highest BCUT2D eigenvalue weighted by atomic mass is 32.2. The normalized spacial score (nSPS) is 11.1. The second kappa shape index (κ2) is 7.64. The number of hydrogen-bond acceptors (Lipinski definition) is 7. The van der Waals surface area contributed by atoms with Crippen molar-refractivity contribution in [1.82, 2.24) is 25.2 Å². The van der Waals surface area contributed by atoms with Crippen LogP contribution < -0.4 is 5.32 Å². The van der Waals surface area contributed by atoms with Crippen LogP contribution in [0, 0.1) is 19.7 Å². The second-order valence-corrected chi connectivity index (χ2v) is 8.11. The summed E-state index contributed by atoms with van der Waals surface area (Å²) in [5.74, 6) is -0.501. The van der Waals surface area contributed by atoms with Gasteiger partial charge in [-0.2, -0.15) is 4.68 Å². The summed E-state index contributed by atoms with van der Waals surface area (Å²) in [6.07, 6.45) is 0. The number of carbonyl (C=O) groups excluding carboxylic acids is 1. The Bertz CT molecular complexity index is 1170. The Labute approximate surface area is 168 Å². The molecule has 2 aromatic carbocycles. The van der Waals surface area contributed by atoms with Crippen molar-refractivity contribution in [2.75, 3.05) is 11.1 Å². The number of aryl methyl sites for hydroxylation is 2. The molecule has 0 aliphatic carbocycles. The summed E-state index contributed by atoms with van der Waals surface area (Å²) in [6, 6.07) is 10.0. The van der Waals surface area contributed by atoms with Gasteiger partial charge in [-0.25, -0.2) is 9.37 Å². The Hall–Kier alpha value is -2.85. The summed E-state index contributed by atoms with van der Waals surface area (Å²) in [7, 11) is 0. The van der Waals surface area contributed by atoms with Crippen LogP contribution in [0.3, 0.4) is 0 Å². The average Bonchev–Trinajstić information content (AvgIpc) is 3.26. The number of halogens is 1. The van der Waals surface area contributed by atoms with Gasteiger partial charge < -0.3 is 5.32 Å². The summed E-state index contributed by atoms with van der Waals surface area (Å²) in [6.45, 7) is 4.03. The number of carbonyl (C=O) groups is 1. The number of rotatable bonds is 5. The van der Waals surface area contributed by atoms with Crippen molar-refractivity contribution < 1.29 is 9.18 Å². The molecule has 2 aromatic heterocycles. The van der Waals surface area contributed by atoms with Crippen molar-refractivity contribution in [2.24, 2.45) is 0 Å². The second-order valence-electron chi connectivity index (χ2n) is 6.14. The smallest absolute Gasteiger partial charge is 0.236 e. The predicted molar refractivity (Wildman–Crippen MR) is 108 cm³/mol. The lowest BCUT2D eigenvalue weighted by molar-refractivity contribution is -0.113. The van der Waals surface area contributed by atoms with Gasteiger partial charge in [-0.1, -0.05) is 35.2 Å². The Morgan fingerprint density at radius 3 is 2.96 bits per heavy atom. The highest BCUT2D eigenvalue weighted by Crippen LogP contribution is 2.29. The molecule has 28 heavy (non-hydrogen) atoms. The maximum absolute atomic E-state index is 13.4. The Morgan fingerprint density at radius 1 is 1.29 bits per heavy atom. The van der Waals surface area contributed by atoms with Gasteiger partial charge in [0, 0.05) is 0 Å². The number of thiazole rings is 1. The standard InChI is InChI=1S/C18H15FN6OS2/c1-10-6-11(2)16-14(7-10)28-17(21-16)20-15(26)9-27-18-22-23-24-25(18)13-5-3-4-12(19)8-13/h3-8H,9H2,1-2H3,(H,20,21,26). The first kappa shape index (κ1) is 18.5. The third-order valence-corrected chi connectivity index (χ3v) is 5.74. The van der Waals surface area contributed by atoms with Gasteiger partial charge >= 0.3 is 0 Å². The molecule has 0 aliphatic rings. The molecule has 10 heteroatoms.